The lowest BCUT2D eigenvalue weighted by Crippen LogP contribution is -2.69. The Balaban J connectivity index is 1.37. The molecule has 4 fully saturated rings. The maximum atomic E-state index is 12.1. The van der Waals surface area contributed by atoms with Gasteiger partial charge in [0, 0.05) is 49.4 Å². The molecule has 8 rings (SSSR count). The molecule has 0 saturated carbocycles. The highest BCUT2D eigenvalue weighted by molar-refractivity contribution is 6.02. The molecule has 5 aliphatic heterocycles. The molecule has 1 spiro atoms. The monoisotopic (exact) mass is 543 g/mol. The summed E-state index contributed by atoms with van der Waals surface area (Å²) in [6.45, 7) is 2.86. The van der Waals surface area contributed by atoms with Crippen LogP contribution in [0.1, 0.15) is 47.3 Å². The van der Waals surface area contributed by atoms with E-state index in [2.05, 4.69) is 5.32 Å². The van der Waals surface area contributed by atoms with Gasteiger partial charge in [-0.25, -0.2) is 0 Å². The first-order valence-corrected chi connectivity index (χ1v) is 13.5. The third-order valence-electron chi connectivity index (χ3n) is 9.98. The molecular weight excluding hydrogens is 510 g/mol. The minimum atomic E-state index is -1.95. The average molecular weight is 544 g/mol. The number of phenols is 2. The first-order chi connectivity index (χ1) is 18.8. The zero-order chi connectivity index (χ0) is 27.1. The van der Waals surface area contributed by atoms with Crippen LogP contribution in [-0.4, -0.2) is 85.4 Å². The molecule has 2 aromatic rings. The fourth-order valence-electron chi connectivity index (χ4n) is 8.21. The number of methoxy groups -OCH3 is 3. The molecule has 0 radical (unpaired) electrons. The SMILES string of the molecule is COC1c2c(c(O)c3cc(C)c4c(c3c2O)O[C@]2(O)C3OC(C(OC)OC)(OC43)[C@]23CO3)CC2CCCNC21. The van der Waals surface area contributed by atoms with Gasteiger partial charge < -0.3 is 53.8 Å². The number of hydrogen-bond acceptors (Lipinski definition) is 11. The summed E-state index contributed by atoms with van der Waals surface area (Å²) < 4.78 is 42.2. The molecule has 1 aliphatic carbocycles. The van der Waals surface area contributed by atoms with Crippen molar-refractivity contribution in [2.75, 3.05) is 34.5 Å². The van der Waals surface area contributed by atoms with Gasteiger partial charge in [-0.15, -0.1) is 0 Å². The van der Waals surface area contributed by atoms with Gasteiger partial charge in [-0.05, 0) is 50.3 Å². The van der Waals surface area contributed by atoms with Gasteiger partial charge in [0.2, 0.25) is 11.9 Å². The van der Waals surface area contributed by atoms with Gasteiger partial charge in [-0.1, -0.05) is 0 Å². The molecule has 6 unspecified atom stereocenters. The Morgan fingerprint density at radius 2 is 1.87 bits per heavy atom. The van der Waals surface area contributed by atoms with E-state index in [9.17, 15) is 15.3 Å². The molecule has 2 bridgehead atoms. The molecular formula is C28H33NO10. The lowest BCUT2D eigenvalue weighted by atomic mass is 9.72. The van der Waals surface area contributed by atoms with E-state index in [-0.39, 0.29) is 35.8 Å². The molecule has 11 nitrogen and oxygen atoms in total. The second-order valence-electron chi connectivity index (χ2n) is 11.7. The van der Waals surface area contributed by atoms with Gasteiger partial charge in [0.1, 0.15) is 29.5 Å². The number of aryl methyl sites for hydroxylation is 1. The molecule has 4 N–H and O–H groups in total. The number of ether oxygens (including phenoxy) is 7. The van der Waals surface area contributed by atoms with Crippen molar-refractivity contribution >= 4 is 10.8 Å². The number of epoxide rings is 1. The summed E-state index contributed by atoms with van der Waals surface area (Å²) >= 11 is 0. The molecule has 8 atom stereocenters. The van der Waals surface area contributed by atoms with E-state index in [1.165, 1.54) is 14.2 Å². The van der Waals surface area contributed by atoms with Gasteiger partial charge >= 0.3 is 0 Å². The van der Waals surface area contributed by atoms with Crippen molar-refractivity contribution in [3.8, 4) is 17.2 Å². The highest BCUT2D eigenvalue weighted by Crippen LogP contribution is 2.71. The van der Waals surface area contributed by atoms with Crippen LogP contribution in [-0.2, 0) is 34.8 Å². The number of nitrogens with one attached hydrogen (secondary N) is 1. The smallest absolute Gasteiger partial charge is 0.274 e. The van der Waals surface area contributed by atoms with Crippen LogP contribution in [0.4, 0.5) is 0 Å². The third-order valence-corrected chi connectivity index (χ3v) is 9.98. The Kier molecular flexibility index (Phi) is 4.88. The van der Waals surface area contributed by atoms with Crippen molar-refractivity contribution in [2.45, 2.75) is 74.0 Å². The Morgan fingerprint density at radius 1 is 1.10 bits per heavy atom. The highest BCUT2D eigenvalue weighted by Gasteiger charge is 2.92. The zero-order valence-electron chi connectivity index (χ0n) is 22.3. The first kappa shape index (κ1) is 24.6. The maximum absolute atomic E-state index is 12.1. The number of rotatable bonds is 4. The summed E-state index contributed by atoms with van der Waals surface area (Å²) in [4.78, 5) is 0. The van der Waals surface area contributed by atoms with Crippen LogP contribution in [0, 0.1) is 12.8 Å². The van der Waals surface area contributed by atoms with E-state index in [0.717, 1.165) is 24.9 Å². The van der Waals surface area contributed by atoms with Crippen molar-refractivity contribution < 1.29 is 48.5 Å². The molecule has 4 saturated heterocycles. The minimum Gasteiger partial charge on any atom is -0.507 e. The minimum absolute atomic E-state index is 0.0109. The lowest BCUT2D eigenvalue weighted by Gasteiger charge is -2.47. The van der Waals surface area contributed by atoms with Gasteiger partial charge in [-0.3, -0.25) is 0 Å². The Hall–Kier alpha value is -2.22. The average Bonchev–Trinajstić information content (AvgIpc) is 3.62. The Bertz CT molecular complexity index is 1410. The van der Waals surface area contributed by atoms with Crippen LogP contribution < -0.4 is 10.1 Å². The van der Waals surface area contributed by atoms with Crippen molar-refractivity contribution in [1.82, 2.24) is 5.32 Å². The fourth-order valence-corrected chi connectivity index (χ4v) is 8.21. The van der Waals surface area contributed by atoms with Crippen molar-refractivity contribution in [1.29, 1.82) is 0 Å². The molecule has 5 heterocycles. The number of aliphatic hydroxyl groups is 1. The summed E-state index contributed by atoms with van der Waals surface area (Å²) in [6, 6.07) is 1.84. The number of benzene rings is 2. The molecule has 6 aliphatic rings. The largest absolute Gasteiger partial charge is 0.507 e. The summed E-state index contributed by atoms with van der Waals surface area (Å²) in [5.41, 5.74) is 1.22. The van der Waals surface area contributed by atoms with Crippen LogP contribution in [0.15, 0.2) is 6.07 Å². The maximum Gasteiger partial charge on any atom is 0.274 e. The van der Waals surface area contributed by atoms with Crippen LogP contribution >= 0.6 is 0 Å². The summed E-state index contributed by atoms with van der Waals surface area (Å²) in [6.07, 6.45) is -0.446. The van der Waals surface area contributed by atoms with Crippen molar-refractivity contribution in [3.63, 3.8) is 0 Å². The highest BCUT2D eigenvalue weighted by atomic mass is 16.9. The third kappa shape index (κ3) is 2.62. The Labute approximate surface area is 224 Å². The predicted molar refractivity (Wildman–Crippen MR) is 133 cm³/mol. The molecule has 2 aromatic carbocycles. The van der Waals surface area contributed by atoms with Gasteiger partial charge in [0.15, 0.2) is 6.10 Å². The van der Waals surface area contributed by atoms with E-state index >= 15 is 0 Å². The first-order valence-electron chi connectivity index (χ1n) is 13.5. The Morgan fingerprint density at radius 3 is 2.56 bits per heavy atom. The fraction of sp³-hybridized carbons (Fsp3) is 0.643. The molecule has 0 aromatic heterocycles. The van der Waals surface area contributed by atoms with Crippen LogP contribution in [0.5, 0.6) is 17.2 Å². The van der Waals surface area contributed by atoms with Crippen LogP contribution in [0.25, 0.3) is 10.8 Å². The normalized spacial score (nSPS) is 41.0. The number of piperidine rings is 1. The summed E-state index contributed by atoms with van der Waals surface area (Å²) in [7, 11) is 4.55. The van der Waals surface area contributed by atoms with E-state index in [4.69, 9.17) is 33.2 Å². The second kappa shape index (κ2) is 7.74. The zero-order valence-corrected chi connectivity index (χ0v) is 22.3. The number of phenolic OH excluding ortho intramolecular Hbond substituents is 2. The van der Waals surface area contributed by atoms with E-state index in [1.807, 2.05) is 13.0 Å². The van der Waals surface area contributed by atoms with Gasteiger partial charge in [-0.2, -0.15) is 0 Å². The van der Waals surface area contributed by atoms with E-state index in [1.54, 1.807) is 7.11 Å². The summed E-state index contributed by atoms with van der Waals surface area (Å²) in [5.74, 6) is -2.93. The standard InChI is InChI=1S/C28H33NO10/c1-11-8-13-16(20(31)17-14(19(13)30)9-12-6-5-7-29-18(12)22(17)33-2)21-15(11)23-24-27(32,37-21)26(10-36-26)28(38-23,39-24)25(34-3)35-4/h8,12,18,22-25,29-32H,5-7,9-10H2,1-4H3/t12?,18?,22?,23?,24?,26-,27+,28?/m0/s1. The number of fused-ring (bicyclic) bond motifs is 9. The van der Waals surface area contributed by atoms with Gasteiger partial charge in [0.05, 0.1) is 12.0 Å². The number of hydrogen-bond donors (Lipinski definition) is 4. The predicted octanol–water partition coefficient (Wildman–Crippen LogP) is 1.81. The van der Waals surface area contributed by atoms with E-state index in [0.29, 0.717) is 33.9 Å². The lowest BCUT2D eigenvalue weighted by molar-refractivity contribution is -0.344. The molecule has 210 valence electrons. The topological polar surface area (TPSA) is 141 Å². The van der Waals surface area contributed by atoms with Crippen molar-refractivity contribution in [3.05, 3.63) is 28.3 Å². The summed E-state index contributed by atoms with van der Waals surface area (Å²) in [5, 5.41) is 40.0. The van der Waals surface area contributed by atoms with Crippen molar-refractivity contribution in [2.24, 2.45) is 5.92 Å². The van der Waals surface area contributed by atoms with E-state index < -0.39 is 41.8 Å². The van der Waals surface area contributed by atoms with Gasteiger partial charge in [0.25, 0.3) is 11.6 Å². The second-order valence-corrected chi connectivity index (χ2v) is 11.7. The molecule has 0 amide bonds. The molecule has 11 heteroatoms. The molecule has 39 heavy (non-hydrogen) atoms. The van der Waals surface area contributed by atoms with Crippen LogP contribution in [0.3, 0.4) is 0 Å². The number of aromatic hydroxyl groups is 2. The quantitative estimate of drug-likeness (QED) is 0.255. The van der Waals surface area contributed by atoms with Crippen LogP contribution in [0.2, 0.25) is 0 Å².